The molecule has 0 bridgehead atoms. The number of carbonyl (C=O) groups excluding carboxylic acids is 2. The van der Waals surface area contributed by atoms with Crippen LogP contribution in [0.5, 0.6) is 0 Å². The second-order valence-corrected chi connectivity index (χ2v) is 7.13. The average molecular weight is 354 g/mol. The summed E-state index contributed by atoms with van der Waals surface area (Å²) in [5, 5.41) is 12.4. The fourth-order valence-electron chi connectivity index (χ4n) is 2.55. The third-order valence-electron chi connectivity index (χ3n) is 4.12. The van der Waals surface area contributed by atoms with Gasteiger partial charge < -0.3 is 14.7 Å². The van der Waals surface area contributed by atoms with E-state index in [-0.39, 0.29) is 13.2 Å². The van der Waals surface area contributed by atoms with Gasteiger partial charge in [-0.25, -0.2) is 9.59 Å². The number of hydrogen-bond acceptors (Lipinski definition) is 5. The lowest BCUT2D eigenvalue weighted by molar-refractivity contribution is -0.146. The lowest BCUT2D eigenvalue weighted by atomic mass is 9.90. The average Bonchev–Trinajstić information content (AvgIpc) is 3.12. The predicted octanol–water partition coefficient (Wildman–Crippen LogP) is 2.82. The highest BCUT2D eigenvalue weighted by atomic mass is 32.1. The van der Waals surface area contributed by atoms with Gasteiger partial charge in [0, 0.05) is 18.0 Å². The Hall–Kier alpha value is -2.09. The zero-order chi connectivity index (χ0) is 17.9. The Labute approximate surface area is 144 Å². The summed E-state index contributed by atoms with van der Waals surface area (Å²) in [6.07, 6.45) is 1.15. The lowest BCUT2D eigenvalue weighted by Crippen LogP contribution is -2.37. The van der Waals surface area contributed by atoms with Gasteiger partial charge in [-0.05, 0) is 32.8 Å². The fourth-order valence-corrected chi connectivity index (χ4v) is 3.53. The molecule has 2 heterocycles. The normalized spacial score (nSPS) is 20.0. The van der Waals surface area contributed by atoms with Crippen molar-refractivity contribution in [3.05, 3.63) is 16.5 Å². The van der Waals surface area contributed by atoms with E-state index >= 15 is 0 Å². The number of amides is 2. The van der Waals surface area contributed by atoms with Crippen LogP contribution in [0.1, 0.15) is 42.4 Å². The molecule has 1 atom stereocenters. The molecule has 7 nitrogen and oxygen atoms in total. The Kier molecular flexibility index (Phi) is 5.48. The molecule has 24 heavy (non-hydrogen) atoms. The Morgan fingerprint density at radius 1 is 1.42 bits per heavy atom. The summed E-state index contributed by atoms with van der Waals surface area (Å²) in [4.78, 5) is 38.2. The molecular formula is C16H22N2O5S. The minimum Gasteiger partial charge on any atom is -0.481 e. The largest absolute Gasteiger partial charge is 0.481 e. The van der Waals surface area contributed by atoms with Crippen molar-refractivity contribution in [3.63, 3.8) is 0 Å². The van der Waals surface area contributed by atoms with E-state index in [0.717, 1.165) is 11.3 Å². The zero-order valence-corrected chi connectivity index (χ0v) is 14.9. The van der Waals surface area contributed by atoms with Crippen molar-refractivity contribution < 1.29 is 24.2 Å². The number of carboxylic acid groups (broad SMARTS) is 1. The molecule has 2 rings (SSSR count). The van der Waals surface area contributed by atoms with Gasteiger partial charge in [0.1, 0.15) is 5.00 Å². The third kappa shape index (κ3) is 3.69. The maximum Gasteiger partial charge on any atom is 0.341 e. The van der Waals surface area contributed by atoms with E-state index in [0.29, 0.717) is 23.5 Å². The quantitative estimate of drug-likeness (QED) is 0.793. The molecule has 132 valence electrons. The molecule has 2 amide bonds. The van der Waals surface area contributed by atoms with Crippen LogP contribution in [-0.2, 0) is 16.0 Å². The number of esters is 1. The predicted molar refractivity (Wildman–Crippen MR) is 90.6 cm³/mol. The molecule has 0 spiro atoms. The molecule has 2 N–H and O–H groups in total. The second kappa shape index (κ2) is 7.21. The summed E-state index contributed by atoms with van der Waals surface area (Å²) >= 11 is 1.33. The molecule has 0 saturated carbocycles. The zero-order valence-electron chi connectivity index (χ0n) is 14.0. The Morgan fingerprint density at radius 2 is 2.12 bits per heavy atom. The van der Waals surface area contributed by atoms with E-state index in [2.05, 4.69) is 5.32 Å². The van der Waals surface area contributed by atoms with Crippen molar-refractivity contribution in [1.82, 2.24) is 4.90 Å². The number of likely N-dealkylation sites (tertiary alicyclic amines) is 1. The van der Waals surface area contributed by atoms with Gasteiger partial charge in [-0.1, -0.05) is 6.92 Å². The van der Waals surface area contributed by atoms with Crippen molar-refractivity contribution in [2.24, 2.45) is 5.41 Å². The molecule has 1 saturated heterocycles. The number of thiophene rings is 1. The van der Waals surface area contributed by atoms with Crippen LogP contribution < -0.4 is 5.32 Å². The number of carboxylic acids is 1. The van der Waals surface area contributed by atoms with E-state index in [1.54, 1.807) is 19.9 Å². The Morgan fingerprint density at radius 3 is 2.67 bits per heavy atom. The van der Waals surface area contributed by atoms with Crippen LogP contribution in [0.2, 0.25) is 0 Å². The van der Waals surface area contributed by atoms with E-state index < -0.39 is 23.4 Å². The van der Waals surface area contributed by atoms with Crippen LogP contribution in [0.15, 0.2) is 6.07 Å². The summed E-state index contributed by atoms with van der Waals surface area (Å²) in [6, 6.07) is 1.33. The molecule has 1 aromatic rings. The Bertz CT molecular complexity index is 657. The van der Waals surface area contributed by atoms with Gasteiger partial charge in [-0.15, -0.1) is 11.3 Å². The lowest BCUT2D eigenvalue weighted by Gasteiger charge is -2.20. The molecule has 1 aromatic heterocycles. The van der Waals surface area contributed by atoms with Gasteiger partial charge >= 0.3 is 18.0 Å². The van der Waals surface area contributed by atoms with Crippen molar-refractivity contribution >= 4 is 34.3 Å². The number of carbonyl (C=O) groups is 3. The maximum atomic E-state index is 12.4. The highest BCUT2D eigenvalue weighted by molar-refractivity contribution is 7.16. The molecular weight excluding hydrogens is 332 g/mol. The maximum absolute atomic E-state index is 12.4. The van der Waals surface area contributed by atoms with Gasteiger partial charge in [0.2, 0.25) is 0 Å². The van der Waals surface area contributed by atoms with Crippen LogP contribution >= 0.6 is 11.3 Å². The number of aliphatic carboxylic acids is 1. The number of aryl methyl sites for hydroxylation is 1. The van der Waals surface area contributed by atoms with Gasteiger partial charge in [-0.2, -0.15) is 0 Å². The van der Waals surface area contributed by atoms with Gasteiger partial charge in [0.25, 0.3) is 0 Å². The van der Waals surface area contributed by atoms with Gasteiger partial charge in [0.05, 0.1) is 17.6 Å². The van der Waals surface area contributed by atoms with E-state index in [1.807, 2.05) is 6.92 Å². The molecule has 0 radical (unpaired) electrons. The summed E-state index contributed by atoms with van der Waals surface area (Å²) in [6.45, 7) is 6.09. The highest BCUT2D eigenvalue weighted by Gasteiger charge is 2.42. The van der Waals surface area contributed by atoms with Crippen LogP contribution in [0.4, 0.5) is 9.80 Å². The monoisotopic (exact) mass is 354 g/mol. The number of nitrogens with zero attached hydrogens (tertiary/aromatic N) is 1. The molecule has 1 aliphatic rings. The van der Waals surface area contributed by atoms with E-state index in [4.69, 9.17) is 4.74 Å². The van der Waals surface area contributed by atoms with Gasteiger partial charge in [-0.3, -0.25) is 10.1 Å². The first-order valence-corrected chi connectivity index (χ1v) is 8.71. The molecule has 0 aromatic carbocycles. The summed E-state index contributed by atoms with van der Waals surface area (Å²) in [5.74, 6) is -1.38. The molecule has 0 aliphatic carbocycles. The smallest absolute Gasteiger partial charge is 0.341 e. The summed E-state index contributed by atoms with van der Waals surface area (Å²) in [7, 11) is 0. The van der Waals surface area contributed by atoms with Crippen molar-refractivity contribution in [2.75, 3.05) is 25.0 Å². The first-order chi connectivity index (χ1) is 11.3. The number of nitrogens with one attached hydrogen (secondary N) is 1. The number of anilines is 1. The summed E-state index contributed by atoms with van der Waals surface area (Å²) in [5.41, 5.74) is -0.585. The molecule has 1 fully saturated rings. The van der Waals surface area contributed by atoms with Crippen LogP contribution in [0.25, 0.3) is 0 Å². The van der Waals surface area contributed by atoms with Crippen LogP contribution in [-0.4, -0.2) is 47.7 Å². The molecule has 8 heteroatoms. The Balaban J connectivity index is 2.13. The second-order valence-electron chi connectivity index (χ2n) is 6.00. The van der Waals surface area contributed by atoms with E-state index in [1.165, 1.54) is 16.2 Å². The number of ether oxygens (including phenoxy) is 1. The third-order valence-corrected chi connectivity index (χ3v) is 5.32. The molecule has 1 aliphatic heterocycles. The van der Waals surface area contributed by atoms with E-state index in [9.17, 15) is 19.5 Å². The molecule has 1 unspecified atom stereocenters. The minimum atomic E-state index is -0.925. The van der Waals surface area contributed by atoms with Gasteiger partial charge in [0.15, 0.2) is 0 Å². The topological polar surface area (TPSA) is 95.9 Å². The van der Waals surface area contributed by atoms with Crippen molar-refractivity contribution in [1.29, 1.82) is 0 Å². The number of hydrogen-bond donors (Lipinski definition) is 2. The fraction of sp³-hybridized carbons (Fsp3) is 0.562. The minimum absolute atomic E-state index is 0.148. The summed E-state index contributed by atoms with van der Waals surface area (Å²) < 4.78 is 5.02. The van der Waals surface area contributed by atoms with Crippen molar-refractivity contribution in [2.45, 2.75) is 33.6 Å². The van der Waals surface area contributed by atoms with Crippen LogP contribution in [0.3, 0.4) is 0 Å². The van der Waals surface area contributed by atoms with Crippen LogP contribution in [0, 0.1) is 5.41 Å². The highest BCUT2D eigenvalue weighted by Crippen LogP contribution is 2.33. The van der Waals surface area contributed by atoms with Crippen molar-refractivity contribution in [3.8, 4) is 0 Å². The first kappa shape index (κ1) is 18.3. The SMILES string of the molecule is CCOC(=O)c1cc(CC)sc1NC(=O)N1CCC(C)(C(=O)O)C1. The number of urea groups is 1. The first-order valence-electron chi connectivity index (χ1n) is 7.90. The number of rotatable bonds is 5. The standard InChI is InChI=1S/C16H22N2O5S/c1-4-10-8-11(13(19)23-5-2)12(24-10)17-15(22)18-7-6-16(3,9-18)14(20)21/h8H,4-7,9H2,1-3H3,(H,17,22)(H,20,21).